The number of anilines is 1. The molecule has 2 aliphatic heterocycles. The number of amides is 4. The zero-order valence-electron chi connectivity index (χ0n) is 14.2. The molecular formula is C18H15N3O5S. The first-order valence-corrected chi connectivity index (χ1v) is 9.97. The number of hydrogen-bond donors (Lipinski definition) is 2. The maximum absolute atomic E-state index is 12.8. The molecule has 0 radical (unpaired) electrons. The van der Waals surface area contributed by atoms with Crippen molar-refractivity contribution in [2.75, 3.05) is 11.6 Å². The van der Waals surface area contributed by atoms with Crippen molar-refractivity contribution < 1.29 is 22.8 Å². The predicted molar refractivity (Wildman–Crippen MR) is 95.4 cm³/mol. The second-order valence-electron chi connectivity index (χ2n) is 6.47. The summed E-state index contributed by atoms with van der Waals surface area (Å²) in [4.78, 5) is 39.2. The molecule has 138 valence electrons. The lowest BCUT2D eigenvalue weighted by Crippen LogP contribution is -2.51. The van der Waals surface area contributed by atoms with E-state index in [0.717, 1.165) is 6.26 Å². The lowest BCUT2D eigenvalue weighted by Gasteiger charge is -2.29. The number of para-hydroxylation sites is 1. The molecule has 1 atom stereocenters. The third kappa shape index (κ3) is 2.42. The van der Waals surface area contributed by atoms with Gasteiger partial charge in [0, 0.05) is 24.1 Å². The van der Waals surface area contributed by atoms with Gasteiger partial charge in [0.2, 0.25) is 5.54 Å². The van der Waals surface area contributed by atoms with E-state index in [4.69, 9.17) is 0 Å². The van der Waals surface area contributed by atoms with Gasteiger partial charge in [-0.05, 0) is 23.8 Å². The molecule has 1 saturated heterocycles. The molecule has 0 aliphatic carbocycles. The first-order chi connectivity index (χ1) is 12.7. The Hall–Kier alpha value is -3.20. The van der Waals surface area contributed by atoms with E-state index in [1.165, 1.54) is 17.0 Å². The number of benzene rings is 2. The summed E-state index contributed by atoms with van der Waals surface area (Å²) in [5.41, 5.74) is -0.303. The van der Waals surface area contributed by atoms with Gasteiger partial charge in [-0.1, -0.05) is 30.3 Å². The van der Waals surface area contributed by atoms with Crippen LogP contribution in [0.2, 0.25) is 0 Å². The maximum Gasteiger partial charge on any atom is 0.326 e. The van der Waals surface area contributed by atoms with Gasteiger partial charge in [0.05, 0.1) is 4.90 Å². The van der Waals surface area contributed by atoms with Crippen LogP contribution in [0.4, 0.5) is 10.5 Å². The van der Waals surface area contributed by atoms with Crippen LogP contribution in [0.5, 0.6) is 0 Å². The van der Waals surface area contributed by atoms with Gasteiger partial charge in [0.25, 0.3) is 11.8 Å². The van der Waals surface area contributed by atoms with Crippen molar-refractivity contribution in [3.63, 3.8) is 0 Å². The lowest BCUT2D eigenvalue weighted by atomic mass is 9.89. The van der Waals surface area contributed by atoms with Crippen LogP contribution in [0, 0.1) is 0 Å². The van der Waals surface area contributed by atoms with Gasteiger partial charge >= 0.3 is 6.03 Å². The SMILES string of the molecule is CS(=O)(=O)c1ccc(CN2C(=O)NC(=O)C23C(=O)Nc2ccccc23)cc1. The minimum atomic E-state index is -3.35. The van der Waals surface area contributed by atoms with Crippen LogP contribution in [0.1, 0.15) is 11.1 Å². The number of carbonyl (C=O) groups is 3. The van der Waals surface area contributed by atoms with E-state index in [1.807, 2.05) is 0 Å². The number of hydrogen-bond acceptors (Lipinski definition) is 5. The fraction of sp³-hybridized carbons (Fsp3) is 0.167. The molecule has 0 saturated carbocycles. The minimum absolute atomic E-state index is 0.0383. The maximum atomic E-state index is 12.8. The second-order valence-corrected chi connectivity index (χ2v) is 8.49. The lowest BCUT2D eigenvalue weighted by molar-refractivity contribution is -0.137. The number of carbonyl (C=O) groups excluding carboxylic acids is 3. The molecule has 9 heteroatoms. The van der Waals surface area contributed by atoms with Crippen molar-refractivity contribution in [3.05, 3.63) is 59.7 Å². The Balaban J connectivity index is 1.77. The van der Waals surface area contributed by atoms with Crippen LogP contribution < -0.4 is 10.6 Å². The number of nitrogens with zero attached hydrogens (tertiary/aromatic N) is 1. The number of nitrogens with one attached hydrogen (secondary N) is 2. The zero-order valence-corrected chi connectivity index (χ0v) is 15.0. The van der Waals surface area contributed by atoms with E-state index in [0.29, 0.717) is 16.8 Å². The quantitative estimate of drug-likeness (QED) is 0.604. The molecule has 2 heterocycles. The van der Waals surface area contributed by atoms with Gasteiger partial charge in [0.1, 0.15) is 0 Å². The van der Waals surface area contributed by atoms with Gasteiger partial charge in [-0.25, -0.2) is 13.2 Å². The fourth-order valence-corrected chi connectivity index (χ4v) is 4.11. The van der Waals surface area contributed by atoms with E-state index < -0.39 is 33.2 Å². The topological polar surface area (TPSA) is 113 Å². The molecule has 1 fully saturated rings. The van der Waals surface area contributed by atoms with E-state index >= 15 is 0 Å². The number of urea groups is 1. The molecule has 4 rings (SSSR count). The summed E-state index contributed by atoms with van der Waals surface area (Å²) >= 11 is 0. The molecule has 0 aromatic heterocycles. The summed E-state index contributed by atoms with van der Waals surface area (Å²) in [6.45, 7) is -0.0383. The Morgan fingerprint density at radius 3 is 2.22 bits per heavy atom. The number of fused-ring (bicyclic) bond motifs is 2. The third-order valence-electron chi connectivity index (χ3n) is 4.78. The molecule has 2 aromatic carbocycles. The second kappa shape index (κ2) is 5.65. The van der Waals surface area contributed by atoms with Crippen molar-refractivity contribution in [1.29, 1.82) is 0 Å². The molecule has 2 aromatic rings. The first-order valence-electron chi connectivity index (χ1n) is 8.07. The standard InChI is InChI=1S/C18H15N3O5S/c1-27(25,26)12-8-6-11(7-9-12)10-21-17(24)20-16(23)18(21)13-4-2-3-5-14(13)19-15(18)22/h2-9H,10H2,1H3,(H,19,22)(H,20,23,24). The molecule has 2 N–H and O–H groups in total. The van der Waals surface area contributed by atoms with Crippen molar-refractivity contribution in [3.8, 4) is 0 Å². The molecular weight excluding hydrogens is 370 g/mol. The summed E-state index contributed by atoms with van der Waals surface area (Å²) in [6, 6.07) is 12.0. The molecule has 8 nitrogen and oxygen atoms in total. The van der Waals surface area contributed by atoms with Crippen molar-refractivity contribution in [2.24, 2.45) is 0 Å². The predicted octanol–water partition coefficient (Wildman–Crippen LogP) is 0.989. The molecule has 27 heavy (non-hydrogen) atoms. The summed E-state index contributed by atoms with van der Waals surface area (Å²) in [5, 5.41) is 4.87. The highest BCUT2D eigenvalue weighted by atomic mass is 32.2. The summed E-state index contributed by atoms with van der Waals surface area (Å²) in [7, 11) is -3.35. The van der Waals surface area contributed by atoms with E-state index in [2.05, 4.69) is 10.6 Å². The smallest absolute Gasteiger partial charge is 0.323 e. The highest BCUT2D eigenvalue weighted by molar-refractivity contribution is 7.90. The number of sulfone groups is 1. The fourth-order valence-electron chi connectivity index (χ4n) is 3.48. The molecule has 4 amide bonds. The highest BCUT2D eigenvalue weighted by Gasteiger charge is 2.63. The zero-order chi connectivity index (χ0) is 19.4. The van der Waals surface area contributed by atoms with E-state index in [1.54, 1.807) is 36.4 Å². The van der Waals surface area contributed by atoms with Crippen molar-refractivity contribution in [2.45, 2.75) is 17.0 Å². The van der Waals surface area contributed by atoms with E-state index in [9.17, 15) is 22.8 Å². The largest absolute Gasteiger partial charge is 0.326 e. The van der Waals surface area contributed by atoms with Crippen molar-refractivity contribution >= 4 is 33.4 Å². The normalized spacial score (nSPS) is 21.4. The van der Waals surface area contributed by atoms with Crippen LogP contribution in [0.25, 0.3) is 0 Å². The summed E-state index contributed by atoms with van der Waals surface area (Å²) < 4.78 is 23.2. The Labute approximate surface area is 155 Å². The van der Waals surface area contributed by atoms with Gasteiger partial charge in [-0.2, -0.15) is 0 Å². The minimum Gasteiger partial charge on any atom is -0.323 e. The first kappa shape index (κ1) is 17.2. The Kier molecular flexibility index (Phi) is 3.60. The molecule has 1 spiro atoms. The third-order valence-corrected chi connectivity index (χ3v) is 5.91. The summed E-state index contributed by atoms with van der Waals surface area (Å²) in [5.74, 6) is -1.30. The van der Waals surface area contributed by atoms with E-state index in [-0.39, 0.29) is 11.4 Å². The Morgan fingerprint density at radius 1 is 0.926 bits per heavy atom. The van der Waals surface area contributed by atoms with Crippen LogP contribution in [-0.2, 0) is 31.5 Å². The average Bonchev–Trinajstić information content (AvgIpc) is 3.04. The van der Waals surface area contributed by atoms with Gasteiger partial charge in [-0.15, -0.1) is 0 Å². The highest BCUT2D eigenvalue weighted by Crippen LogP contribution is 2.43. The molecule has 1 unspecified atom stereocenters. The van der Waals surface area contributed by atoms with Crippen molar-refractivity contribution in [1.82, 2.24) is 10.2 Å². The van der Waals surface area contributed by atoms with Gasteiger partial charge < -0.3 is 5.32 Å². The van der Waals surface area contributed by atoms with Crippen LogP contribution in [-0.4, -0.2) is 37.4 Å². The van der Waals surface area contributed by atoms with Gasteiger partial charge in [0.15, 0.2) is 9.84 Å². The number of rotatable bonds is 3. The number of imide groups is 1. The molecule has 2 aliphatic rings. The Morgan fingerprint density at radius 2 is 1.56 bits per heavy atom. The van der Waals surface area contributed by atoms with Gasteiger partial charge in [-0.3, -0.25) is 19.8 Å². The monoisotopic (exact) mass is 385 g/mol. The van der Waals surface area contributed by atoms with Crippen LogP contribution in [0.3, 0.4) is 0 Å². The summed E-state index contributed by atoms with van der Waals surface area (Å²) in [6.07, 6.45) is 1.10. The average molecular weight is 385 g/mol. The van der Waals surface area contributed by atoms with Crippen LogP contribution >= 0.6 is 0 Å². The van der Waals surface area contributed by atoms with Crippen LogP contribution in [0.15, 0.2) is 53.4 Å². The molecule has 0 bridgehead atoms. The Bertz CT molecular complexity index is 1090.